The molecule has 1 aromatic rings. The number of nitroso groups, excluding NO2 is 1. The topological polar surface area (TPSA) is 58.7 Å². The molecule has 1 saturated heterocycles. The summed E-state index contributed by atoms with van der Waals surface area (Å²) in [6.45, 7) is 1.77. The maximum Gasteiger partial charge on any atom is 0.126 e. The third kappa shape index (κ3) is 3.58. The second kappa shape index (κ2) is 6.21. The maximum absolute atomic E-state index is 13.8. The predicted molar refractivity (Wildman–Crippen MR) is 72.8 cm³/mol. The van der Waals surface area contributed by atoms with Crippen molar-refractivity contribution in [3.8, 4) is 0 Å². The van der Waals surface area contributed by atoms with Gasteiger partial charge in [0.15, 0.2) is 0 Å². The van der Waals surface area contributed by atoms with Gasteiger partial charge in [0.05, 0.1) is 6.54 Å². The molecule has 0 amide bonds. The largest absolute Gasteiger partial charge is 0.269 e. The molecular formula is C14H20FN3O. The van der Waals surface area contributed by atoms with Gasteiger partial charge < -0.3 is 0 Å². The van der Waals surface area contributed by atoms with Crippen LogP contribution in [0.5, 0.6) is 0 Å². The van der Waals surface area contributed by atoms with E-state index in [1.807, 2.05) is 6.07 Å². The van der Waals surface area contributed by atoms with Crippen molar-refractivity contribution in [1.82, 2.24) is 5.01 Å². The van der Waals surface area contributed by atoms with Gasteiger partial charge in [-0.2, -0.15) is 4.91 Å². The fourth-order valence-corrected chi connectivity index (χ4v) is 2.85. The van der Waals surface area contributed by atoms with Gasteiger partial charge in [-0.25, -0.2) is 9.40 Å². The number of nitrogens with two attached hydrogens (primary N) is 1. The molecule has 1 atom stereocenters. The number of hydrazine groups is 1. The Morgan fingerprint density at radius 3 is 2.84 bits per heavy atom. The Morgan fingerprint density at radius 1 is 1.32 bits per heavy atom. The summed E-state index contributed by atoms with van der Waals surface area (Å²) < 4.78 is 13.8. The highest BCUT2D eigenvalue weighted by molar-refractivity contribution is 5.19. The highest BCUT2D eigenvalue weighted by atomic mass is 19.1. The molecule has 1 aromatic carbocycles. The van der Waals surface area contributed by atoms with Crippen LogP contribution < -0.4 is 5.84 Å². The molecule has 2 rings (SSSR count). The van der Waals surface area contributed by atoms with E-state index in [0.29, 0.717) is 12.0 Å². The minimum Gasteiger partial charge on any atom is -0.269 e. The summed E-state index contributed by atoms with van der Waals surface area (Å²) in [4.78, 5) is 10.8. The van der Waals surface area contributed by atoms with Crippen molar-refractivity contribution in [3.63, 3.8) is 0 Å². The lowest BCUT2D eigenvalue weighted by Crippen LogP contribution is -2.34. The van der Waals surface area contributed by atoms with E-state index in [4.69, 9.17) is 5.84 Å². The molecule has 0 saturated carbocycles. The van der Waals surface area contributed by atoms with Crippen LogP contribution in [0.1, 0.15) is 24.8 Å². The number of benzene rings is 1. The zero-order valence-electron chi connectivity index (χ0n) is 11.0. The monoisotopic (exact) mass is 265 g/mol. The number of hydrogen-bond acceptors (Lipinski definition) is 4. The van der Waals surface area contributed by atoms with Gasteiger partial charge in [-0.1, -0.05) is 23.4 Å². The SMILES string of the molecule is NN1CCCC(CN=O)(Cc2ccccc2F)CC1. The van der Waals surface area contributed by atoms with Crippen LogP contribution >= 0.6 is 0 Å². The van der Waals surface area contributed by atoms with E-state index in [9.17, 15) is 9.30 Å². The van der Waals surface area contributed by atoms with Crippen molar-refractivity contribution >= 4 is 0 Å². The second-order valence-corrected chi connectivity index (χ2v) is 5.44. The van der Waals surface area contributed by atoms with E-state index >= 15 is 0 Å². The molecular weight excluding hydrogens is 245 g/mol. The summed E-state index contributed by atoms with van der Waals surface area (Å²) in [5, 5.41) is 4.86. The molecule has 1 aliphatic heterocycles. The van der Waals surface area contributed by atoms with Gasteiger partial charge in [0.25, 0.3) is 0 Å². The molecule has 0 spiro atoms. The quantitative estimate of drug-likeness (QED) is 0.672. The molecule has 19 heavy (non-hydrogen) atoms. The predicted octanol–water partition coefficient (Wildman–Crippen LogP) is 2.48. The first-order valence-corrected chi connectivity index (χ1v) is 6.67. The standard InChI is InChI=1S/C14H20FN3O/c15-13-5-2-1-4-12(13)10-14(11-17-19)6-3-8-18(16)9-7-14/h1-2,4-5H,3,6-11,16H2. The molecule has 1 unspecified atom stereocenters. The van der Waals surface area contributed by atoms with Crippen LogP contribution in [-0.4, -0.2) is 24.6 Å². The van der Waals surface area contributed by atoms with Crippen molar-refractivity contribution in [2.24, 2.45) is 16.4 Å². The van der Waals surface area contributed by atoms with Gasteiger partial charge in [0.2, 0.25) is 0 Å². The van der Waals surface area contributed by atoms with E-state index in [0.717, 1.165) is 32.4 Å². The first-order valence-electron chi connectivity index (χ1n) is 6.67. The molecule has 0 radical (unpaired) electrons. The van der Waals surface area contributed by atoms with Crippen LogP contribution in [0.4, 0.5) is 4.39 Å². The fourth-order valence-electron chi connectivity index (χ4n) is 2.85. The van der Waals surface area contributed by atoms with Gasteiger partial charge in [-0.15, -0.1) is 0 Å². The maximum atomic E-state index is 13.8. The van der Waals surface area contributed by atoms with Crippen LogP contribution in [-0.2, 0) is 6.42 Å². The molecule has 104 valence electrons. The summed E-state index contributed by atoms with van der Waals surface area (Å²) in [5.74, 6) is 5.62. The molecule has 1 fully saturated rings. The Kier molecular flexibility index (Phi) is 4.61. The lowest BCUT2D eigenvalue weighted by molar-refractivity contribution is 0.234. The Balaban J connectivity index is 2.19. The van der Waals surface area contributed by atoms with Crippen LogP contribution in [0.15, 0.2) is 29.4 Å². The minimum absolute atomic E-state index is 0.207. The first-order chi connectivity index (χ1) is 9.15. The Hall–Kier alpha value is -1.33. The number of halogens is 1. The zero-order valence-corrected chi connectivity index (χ0v) is 11.0. The highest BCUT2D eigenvalue weighted by Crippen LogP contribution is 2.35. The van der Waals surface area contributed by atoms with E-state index in [1.165, 1.54) is 6.07 Å². The molecule has 2 N–H and O–H groups in total. The number of hydrogen-bond donors (Lipinski definition) is 1. The van der Waals surface area contributed by atoms with Crippen LogP contribution in [0.2, 0.25) is 0 Å². The molecule has 1 aliphatic rings. The third-order valence-corrected chi connectivity index (χ3v) is 4.01. The summed E-state index contributed by atoms with van der Waals surface area (Å²) in [6, 6.07) is 6.75. The third-order valence-electron chi connectivity index (χ3n) is 4.01. The number of nitrogens with zero attached hydrogens (tertiary/aromatic N) is 2. The van der Waals surface area contributed by atoms with Gasteiger partial charge in [-0.3, -0.25) is 5.84 Å². The average Bonchev–Trinajstić information content (AvgIpc) is 2.56. The molecule has 4 nitrogen and oxygen atoms in total. The molecule has 0 bridgehead atoms. The summed E-state index contributed by atoms with van der Waals surface area (Å²) in [7, 11) is 0. The van der Waals surface area contributed by atoms with E-state index in [2.05, 4.69) is 5.18 Å². The van der Waals surface area contributed by atoms with Crippen molar-refractivity contribution in [1.29, 1.82) is 0 Å². The molecule has 0 aromatic heterocycles. The van der Waals surface area contributed by atoms with E-state index in [-0.39, 0.29) is 17.8 Å². The fraction of sp³-hybridized carbons (Fsp3) is 0.571. The Morgan fingerprint density at radius 2 is 2.11 bits per heavy atom. The van der Waals surface area contributed by atoms with E-state index in [1.54, 1.807) is 17.1 Å². The first kappa shape index (κ1) is 14.1. The van der Waals surface area contributed by atoms with Crippen molar-refractivity contribution < 1.29 is 4.39 Å². The number of rotatable bonds is 4. The van der Waals surface area contributed by atoms with Crippen molar-refractivity contribution in [2.45, 2.75) is 25.7 Å². The summed E-state index contributed by atoms with van der Waals surface area (Å²) in [6.07, 6.45) is 3.12. The van der Waals surface area contributed by atoms with Gasteiger partial charge in [0, 0.05) is 13.1 Å². The summed E-state index contributed by atoms with van der Waals surface area (Å²) in [5.41, 5.74) is 0.412. The minimum atomic E-state index is -0.252. The van der Waals surface area contributed by atoms with Crippen LogP contribution in [0.3, 0.4) is 0 Å². The molecule has 5 heteroatoms. The van der Waals surface area contributed by atoms with Gasteiger partial charge >= 0.3 is 0 Å². The normalized spacial score (nSPS) is 24.9. The lowest BCUT2D eigenvalue weighted by atomic mass is 9.75. The Labute approximate surface area is 112 Å². The zero-order chi connectivity index (χ0) is 13.7. The van der Waals surface area contributed by atoms with Crippen molar-refractivity contribution in [3.05, 3.63) is 40.6 Å². The van der Waals surface area contributed by atoms with Crippen LogP contribution in [0.25, 0.3) is 0 Å². The van der Waals surface area contributed by atoms with Crippen LogP contribution in [0, 0.1) is 16.1 Å². The molecule has 1 heterocycles. The lowest BCUT2D eigenvalue weighted by Gasteiger charge is -2.30. The average molecular weight is 265 g/mol. The smallest absolute Gasteiger partial charge is 0.126 e. The van der Waals surface area contributed by atoms with Gasteiger partial charge in [-0.05, 0) is 42.7 Å². The van der Waals surface area contributed by atoms with Gasteiger partial charge in [0.1, 0.15) is 5.82 Å². The highest BCUT2D eigenvalue weighted by Gasteiger charge is 2.33. The summed E-state index contributed by atoms with van der Waals surface area (Å²) >= 11 is 0. The second-order valence-electron chi connectivity index (χ2n) is 5.44. The molecule has 0 aliphatic carbocycles. The Bertz CT molecular complexity index is 440. The van der Waals surface area contributed by atoms with E-state index < -0.39 is 0 Å². The van der Waals surface area contributed by atoms with Crippen molar-refractivity contribution in [2.75, 3.05) is 19.6 Å².